The van der Waals surface area contributed by atoms with Gasteiger partial charge < -0.3 is 4.74 Å². The summed E-state index contributed by atoms with van der Waals surface area (Å²) in [7, 11) is -2.20. The van der Waals surface area contributed by atoms with Crippen LogP contribution < -0.4 is 9.04 Å². The maximum Gasteiger partial charge on any atom is 0.274 e. The molecular weight excluding hydrogens is 378 g/mol. The summed E-state index contributed by atoms with van der Waals surface area (Å²) in [6, 6.07) is 17.5. The lowest BCUT2D eigenvalue weighted by Gasteiger charge is -2.25. The summed E-state index contributed by atoms with van der Waals surface area (Å²) < 4.78 is 33.4. The van der Waals surface area contributed by atoms with Gasteiger partial charge in [0.25, 0.3) is 10.0 Å². The smallest absolute Gasteiger partial charge is 0.274 e. The summed E-state index contributed by atoms with van der Waals surface area (Å²) in [5.74, 6) is 0.490. The third-order valence-electron chi connectivity index (χ3n) is 3.61. The van der Waals surface area contributed by atoms with Crippen LogP contribution in [0.2, 0.25) is 5.02 Å². The summed E-state index contributed by atoms with van der Waals surface area (Å²) in [6.45, 7) is 0.154. The zero-order valence-electron chi connectivity index (χ0n) is 13.4. The average molecular weight is 394 g/mol. The first kappa shape index (κ1) is 17.8. The van der Waals surface area contributed by atoms with Crippen LogP contribution in [-0.2, 0) is 16.6 Å². The van der Waals surface area contributed by atoms with E-state index in [-0.39, 0.29) is 10.8 Å². The van der Waals surface area contributed by atoms with Crippen LogP contribution in [0.1, 0.15) is 5.56 Å². The van der Waals surface area contributed by atoms with Crippen LogP contribution in [0.4, 0.5) is 5.69 Å². The summed E-state index contributed by atoms with van der Waals surface area (Å²) in [5.41, 5.74) is 1.27. The zero-order valence-corrected chi connectivity index (χ0v) is 15.8. The SMILES string of the molecule is COc1ccccc1N(Cc1cccc(Cl)c1)S(=O)(=O)c1cccs1. The average Bonchev–Trinajstić information content (AvgIpc) is 3.15. The van der Waals surface area contributed by atoms with Gasteiger partial charge in [-0.2, -0.15) is 0 Å². The molecular formula is C18H16ClNO3S2. The van der Waals surface area contributed by atoms with E-state index in [1.54, 1.807) is 60.0 Å². The fourth-order valence-corrected chi connectivity index (χ4v) is 5.24. The predicted molar refractivity (Wildman–Crippen MR) is 102 cm³/mol. The highest BCUT2D eigenvalue weighted by atomic mass is 35.5. The lowest BCUT2D eigenvalue weighted by Crippen LogP contribution is -2.30. The maximum absolute atomic E-state index is 13.2. The summed E-state index contributed by atoms with van der Waals surface area (Å²) in [4.78, 5) is 0. The minimum absolute atomic E-state index is 0.154. The molecule has 0 radical (unpaired) electrons. The first-order valence-electron chi connectivity index (χ1n) is 7.46. The van der Waals surface area contributed by atoms with E-state index in [1.807, 2.05) is 6.07 Å². The minimum Gasteiger partial charge on any atom is -0.495 e. The molecule has 0 spiro atoms. The van der Waals surface area contributed by atoms with Crippen LogP contribution in [0.3, 0.4) is 0 Å². The van der Waals surface area contributed by atoms with Gasteiger partial charge in [-0.1, -0.05) is 41.9 Å². The van der Waals surface area contributed by atoms with Crippen molar-refractivity contribution in [2.75, 3.05) is 11.4 Å². The van der Waals surface area contributed by atoms with Gasteiger partial charge in [0, 0.05) is 5.02 Å². The van der Waals surface area contributed by atoms with Crippen LogP contribution in [0.25, 0.3) is 0 Å². The summed E-state index contributed by atoms with van der Waals surface area (Å²) in [5, 5.41) is 2.30. The number of methoxy groups -OCH3 is 1. The van der Waals surface area contributed by atoms with Crippen molar-refractivity contribution in [2.24, 2.45) is 0 Å². The molecule has 3 rings (SSSR count). The molecule has 1 aromatic heterocycles. The van der Waals surface area contributed by atoms with Crippen LogP contribution in [0.5, 0.6) is 5.75 Å². The van der Waals surface area contributed by atoms with Gasteiger partial charge in [-0.3, -0.25) is 4.31 Å². The second-order valence-corrected chi connectivity index (χ2v) is 8.72. The zero-order chi connectivity index (χ0) is 17.9. The number of rotatable bonds is 6. The first-order valence-corrected chi connectivity index (χ1v) is 10.2. The second kappa shape index (κ2) is 7.47. The van der Waals surface area contributed by atoms with E-state index in [9.17, 15) is 8.42 Å². The van der Waals surface area contributed by atoms with Crippen LogP contribution >= 0.6 is 22.9 Å². The van der Waals surface area contributed by atoms with Gasteiger partial charge in [0.2, 0.25) is 0 Å². The third-order valence-corrected chi connectivity index (χ3v) is 6.98. The fraction of sp³-hybridized carbons (Fsp3) is 0.111. The number of benzene rings is 2. The highest BCUT2D eigenvalue weighted by Crippen LogP contribution is 2.34. The molecule has 1 heterocycles. The fourth-order valence-electron chi connectivity index (χ4n) is 2.46. The largest absolute Gasteiger partial charge is 0.495 e. The van der Waals surface area contributed by atoms with E-state index in [4.69, 9.17) is 16.3 Å². The number of hydrogen-bond donors (Lipinski definition) is 0. The molecule has 3 aromatic rings. The van der Waals surface area contributed by atoms with E-state index in [0.717, 1.165) is 5.56 Å². The number of sulfonamides is 1. The van der Waals surface area contributed by atoms with E-state index in [0.29, 0.717) is 16.5 Å². The molecule has 25 heavy (non-hydrogen) atoms. The van der Waals surface area contributed by atoms with Gasteiger partial charge in [0.1, 0.15) is 9.96 Å². The molecule has 0 N–H and O–H groups in total. The minimum atomic E-state index is -3.73. The standard InChI is InChI=1S/C18H16ClNO3S2/c1-23-17-9-3-2-8-16(17)20(13-14-6-4-7-15(19)12-14)25(21,22)18-10-5-11-24-18/h2-12H,13H2,1H3. The van der Waals surface area contributed by atoms with Crippen molar-refractivity contribution in [3.63, 3.8) is 0 Å². The highest BCUT2D eigenvalue weighted by molar-refractivity contribution is 7.94. The lowest BCUT2D eigenvalue weighted by atomic mass is 10.2. The normalized spacial score (nSPS) is 11.3. The molecule has 2 aromatic carbocycles. The number of para-hydroxylation sites is 2. The van der Waals surface area contributed by atoms with Crippen molar-refractivity contribution < 1.29 is 13.2 Å². The molecule has 0 unspecified atom stereocenters. The molecule has 0 amide bonds. The van der Waals surface area contributed by atoms with Gasteiger partial charge in [-0.25, -0.2) is 8.42 Å². The van der Waals surface area contributed by atoms with Crippen molar-refractivity contribution >= 4 is 38.6 Å². The Morgan fingerprint density at radius 3 is 2.56 bits per heavy atom. The van der Waals surface area contributed by atoms with E-state index in [2.05, 4.69) is 0 Å². The molecule has 4 nitrogen and oxygen atoms in total. The van der Waals surface area contributed by atoms with Crippen molar-refractivity contribution in [1.29, 1.82) is 0 Å². The molecule has 0 saturated carbocycles. The van der Waals surface area contributed by atoms with E-state index in [1.165, 1.54) is 22.8 Å². The summed E-state index contributed by atoms with van der Waals surface area (Å²) in [6.07, 6.45) is 0. The molecule has 0 fully saturated rings. The molecule has 130 valence electrons. The number of hydrogen-bond acceptors (Lipinski definition) is 4. The molecule has 0 saturated heterocycles. The van der Waals surface area contributed by atoms with Crippen molar-refractivity contribution in [1.82, 2.24) is 0 Å². The lowest BCUT2D eigenvalue weighted by molar-refractivity contribution is 0.415. The van der Waals surface area contributed by atoms with Gasteiger partial charge in [-0.15, -0.1) is 11.3 Å². The molecule has 0 atom stereocenters. The molecule has 0 aliphatic rings. The molecule has 0 bridgehead atoms. The Hall–Kier alpha value is -2.02. The maximum atomic E-state index is 13.2. The van der Waals surface area contributed by atoms with Crippen LogP contribution in [0, 0.1) is 0 Å². The highest BCUT2D eigenvalue weighted by Gasteiger charge is 2.28. The Morgan fingerprint density at radius 1 is 1.08 bits per heavy atom. The van der Waals surface area contributed by atoms with Gasteiger partial charge in [0.05, 0.1) is 19.3 Å². The Kier molecular flexibility index (Phi) is 5.32. The number of nitrogens with zero attached hydrogens (tertiary/aromatic N) is 1. The molecule has 7 heteroatoms. The first-order chi connectivity index (χ1) is 12.0. The van der Waals surface area contributed by atoms with E-state index < -0.39 is 10.0 Å². The van der Waals surface area contributed by atoms with Crippen LogP contribution in [0.15, 0.2) is 70.3 Å². The monoisotopic (exact) mass is 393 g/mol. The molecule has 0 aliphatic carbocycles. The second-order valence-electron chi connectivity index (χ2n) is 5.25. The van der Waals surface area contributed by atoms with Gasteiger partial charge in [-0.05, 0) is 41.3 Å². The topological polar surface area (TPSA) is 46.6 Å². The Morgan fingerprint density at radius 2 is 1.88 bits per heavy atom. The van der Waals surface area contributed by atoms with Gasteiger partial charge >= 0.3 is 0 Å². The third kappa shape index (κ3) is 3.81. The number of thiophene rings is 1. The van der Waals surface area contributed by atoms with Crippen molar-refractivity contribution in [2.45, 2.75) is 10.8 Å². The van der Waals surface area contributed by atoms with Crippen molar-refractivity contribution in [3.05, 3.63) is 76.6 Å². The number of halogens is 1. The Balaban J connectivity index is 2.11. The van der Waals surface area contributed by atoms with Gasteiger partial charge in [0.15, 0.2) is 0 Å². The summed E-state index contributed by atoms with van der Waals surface area (Å²) >= 11 is 7.24. The van der Waals surface area contributed by atoms with Crippen LogP contribution in [-0.4, -0.2) is 15.5 Å². The van der Waals surface area contributed by atoms with Crippen molar-refractivity contribution in [3.8, 4) is 5.75 Å². The number of anilines is 1. The van der Waals surface area contributed by atoms with E-state index >= 15 is 0 Å². The number of ether oxygens (including phenoxy) is 1. The Labute approximate surface area is 156 Å². The molecule has 0 aliphatic heterocycles. The quantitative estimate of drug-likeness (QED) is 0.604. The Bertz CT molecular complexity index is 956. The predicted octanol–water partition coefficient (Wildman–Crippen LogP) is 4.81.